The summed E-state index contributed by atoms with van der Waals surface area (Å²) < 4.78 is 4.21. The van der Waals surface area contributed by atoms with Crippen LogP contribution >= 0.6 is 0 Å². The molecule has 0 fully saturated rings. The smallest absolute Gasteiger partial charge is 0.133 e. The summed E-state index contributed by atoms with van der Waals surface area (Å²) in [6.07, 6.45) is 5.69. The molecule has 23 heavy (non-hydrogen) atoms. The van der Waals surface area contributed by atoms with E-state index in [9.17, 15) is 0 Å². The molecule has 3 rings (SSSR count). The molecule has 0 saturated carbocycles. The average molecular weight is 306 g/mol. The van der Waals surface area contributed by atoms with E-state index in [1.807, 2.05) is 0 Å². The molecule has 0 amide bonds. The lowest BCUT2D eigenvalue weighted by Gasteiger charge is -1.99. The van der Waals surface area contributed by atoms with E-state index < -0.39 is 0 Å². The molecule has 0 bridgehead atoms. The van der Waals surface area contributed by atoms with Crippen LogP contribution in [0.3, 0.4) is 0 Å². The lowest BCUT2D eigenvalue weighted by atomic mass is 10.2. The van der Waals surface area contributed by atoms with Crippen LogP contribution in [0.5, 0.6) is 0 Å². The molecule has 118 valence electrons. The molecule has 2 aromatic carbocycles. The van der Waals surface area contributed by atoms with Crippen LogP contribution in [0.25, 0.3) is 0 Å². The molecule has 0 saturated heterocycles. The Kier molecular flexibility index (Phi) is 5.20. The van der Waals surface area contributed by atoms with Gasteiger partial charge in [-0.15, -0.1) is 9.36 Å². The number of aromatic nitrogens is 3. The molecule has 3 aromatic rings. The topological polar surface area (TPSA) is 21.7 Å². The molecule has 3 heteroatoms. The van der Waals surface area contributed by atoms with Gasteiger partial charge in [0.05, 0.1) is 5.21 Å². The van der Waals surface area contributed by atoms with Crippen LogP contribution < -0.4 is 4.68 Å². The molecule has 0 unspecified atom stereocenters. The first-order valence-corrected chi connectivity index (χ1v) is 8.39. The van der Waals surface area contributed by atoms with Crippen LogP contribution in [-0.4, -0.2) is 9.90 Å². The Morgan fingerprint density at radius 1 is 0.913 bits per heavy atom. The average Bonchev–Trinajstić information content (AvgIpc) is 2.96. The van der Waals surface area contributed by atoms with E-state index in [1.54, 1.807) is 0 Å². The number of nitrogens with zero attached hydrogens (tertiary/aromatic N) is 3. The first kappa shape index (κ1) is 15.5. The van der Waals surface area contributed by atoms with Crippen molar-refractivity contribution in [2.45, 2.75) is 39.3 Å². The minimum atomic E-state index is 0.821. The van der Waals surface area contributed by atoms with Gasteiger partial charge in [0.25, 0.3) is 0 Å². The quantitative estimate of drug-likeness (QED) is 0.611. The Morgan fingerprint density at radius 3 is 2.22 bits per heavy atom. The second-order valence-corrected chi connectivity index (χ2v) is 5.94. The Morgan fingerprint density at radius 2 is 1.57 bits per heavy atom. The van der Waals surface area contributed by atoms with Gasteiger partial charge < -0.3 is 0 Å². The standard InChI is InChI=1S/C20H24N3/c1-2-3-14-20-17-22(15-18-10-6-4-7-11-18)21-23(20)16-19-12-8-5-9-13-19/h4-13,17H,2-3,14-16H2,1H3/q+1. The molecule has 1 heterocycles. The lowest BCUT2D eigenvalue weighted by molar-refractivity contribution is -0.747. The Hall–Kier alpha value is -2.42. The zero-order valence-electron chi connectivity index (χ0n) is 13.7. The van der Waals surface area contributed by atoms with E-state index in [0.29, 0.717) is 0 Å². The van der Waals surface area contributed by atoms with Gasteiger partial charge in [-0.2, -0.15) is 0 Å². The molecule has 3 nitrogen and oxygen atoms in total. The highest BCUT2D eigenvalue weighted by Gasteiger charge is 2.16. The zero-order valence-corrected chi connectivity index (χ0v) is 13.7. The summed E-state index contributed by atoms with van der Waals surface area (Å²) in [5, 5.41) is 4.79. The molecular weight excluding hydrogens is 282 g/mol. The van der Waals surface area contributed by atoms with Crippen molar-refractivity contribution in [1.82, 2.24) is 9.90 Å². The predicted octanol–water partition coefficient (Wildman–Crippen LogP) is 3.61. The second kappa shape index (κ2) is 7.73. The summed E-state index contributed by atoms with van der Waals surface area (Å²) in [5.41, 5.74) is 3.88. The van der Waals surface area contributed by atoms with Gasteiger partial charge in [-0.25, -0.2) is 0 Å². The third kappa shape index (κ3) is 4.28. The Bertz CT molecular complexity index is 717. The fraction of sp³-hybridized carbons (Fsp3) is 0.300. The van der Waals surface area contributed by atoms with Crippen molar-refractivity contribution in [3.63, 3.8) is 0 Å². The number of rotatable bonds is 7. The molecule has 0 N–H and O–H groups in total. The van der Waals surface area contributed by atoms with Crippen LogP contribution in [0.4, 0.5) is 0 Å². The highest BCUT2D eigenvalue weighted by atomic mass is 15.5. The zero-order chi connectivity index (χ0) is 15.9. The van der Waals surface area contributed by atoms with Crippen molar-refractivity contribution in [3.05, 3.63) is 83.7 Å². The van der Waals surface area contributed by atoms with Gasteiger partial charge in [0.2, 0.25) is 0 Å². The number of hydrogen-bond donors (Lipinski definition) is 0. The van der Waals surface area contributed by atoms with Crippen molar-refractivity contribution in [2.24, 2.45) is 0 Å². The SMILES string of the molecule is CCCCc1c[n+](Cc2ccccc2)nn1Cc1ccccc1. The molecule has 0 radical (unpaired) electrons. The van der Waals surface area contributed by atoms with E-state index in [4.69, 9.17) is 5.21 Å². The van der Waals surface area contributed by atoms with Gasteiger partial charge in [-0.1, -0.05) is 74.0 Å². The fourth-order valence-electron chi connectivity index (χ4n) is 2.75. The summed E-state index contributed by atoms with van der Waals surface area (Å²) in [5.74, 6) is 0. The normalized spacial score (nSPS) is 10.8. The van der Waals surface area contributed by atoms with Gasteiger partial charge in [-0.05, 0) is 17.5 Å². The summed E-state index contributed by atoms with van der Waals surface area (Å²) in [6.45, 7) is 3.89. The first-order valence-electron chi connectivity index (χ1n) is 8.39. The van der Waals surface area contributed by atoms with Crippen LogP contribution in [0.15, 0.2) is 66.9 Å². The second-order valence-electron chi connectivity index (χ2n) is 5.94. The monoisotopic (exact) mass is 306 g/mol. The van der Waals surface area contributed by atoms with E-state index in [1.165, 1.54) is 29.7 Å². The van der Waals surface area contributed by atoms with Gasteiger partial charge in [0, 0.05) is 6.42 Å². The van der Waals surface area contributed by atoms with Gasteiger partial charge in [-0.3, -0.25) is 0 Å². The molecule has 1 aromatic heterocycles. The maximum Gasteiger partial charge on any atom is 0.168 e. The van der Waals surface area contributed by atoms with Crippen LogP contribution in [0, 0.1) is 0 Å². The highest BCUT2D eigenvalue weighted by molar-refractivity contribution is 5.15. The molecule has 0 aliphatic heterocycles. The van der Waals surface area contributed by atoms with Gasteiger partial charge in [0.1, 0.15) is 13.1 Å². The number of unbranched alkanes of at least 4 members (excludes halogenated alkanes) is 1. The van der Waals surface area contributed by atoms with Gasteiger partial charge in [0.15, 0.2) is 11.9 Å². The van der Waals surface area contributed by atoms with Crippen LogP contribution in [-0.2, 0) is 19.5 Å². The van der Waals surface area contributed by atoms with Crippen molar-refractivity contribution in [1.29, 1.82) is 0 Å². The van der Waals surface area contributed by atoms with Crippen molar-refractivity contribution in [3.8, 4) is 0 Å². The van der Waals surface area contributed by atoms with E-state index in [2.05, 4.69) is 83.1 Å². The van der Waals surface area contributed by atoms with Crippen LogP contribution in [0.1, 0.15) is 36.6 Å². The Balaban J connectivity index is 1.81. The third-order valence-corrected chi connectivity index (χ3v) is 4.00. The number of aryl methyl sites for hydroxylation is 1. The summed E-state index contributed by atoms with van der Waals surface area (Å²) in [7, 11) is 0. The van der Waals surface area contributed by atoms with Crippen molar-refractivity contribution in [2.75, 3.05) is 0 Å². The minimum Gasteiger partial charge on any atom is -0.133 e. The largest absolute Gasteiger partial charge is 0.168 e. The number of hydrogen-bond acceptors (Lipinski definition) is 1. The molecule has 0 aliphatic rings. The van der Waals surface area contributed by atoms with E-state index >= 15 is 0 Å². The van der Waals surface area contributed by atoms with Crippen LogP contribution in [0.2, 0.25) is 0 Å². The maximum absolute atomic E-state index is 4.79. The van der Waals surface area contributed by atoms with E-state index in [0.717, 1.165) is 19.5 Å². The summed E-state index contributed by atoms with van der Waals surface area (Å²) >= 11 is 0. The highest BCUT2D eigenvalue weighted by Crippen LogP contribution is 2.07. The summed E-state index contributed by atoms with van der Waals surface area (Å²) in [6, 6.07) is 21.0. The fourth-order valence-corrected chi connectivity index (χ4v) is 2.75. The molecule has 0 spiro atoms. The minimum absolute atomic E-state index is 0.821. The molecular formula is C20H24N3+. The predicted molar refractivity (Wildman–Crippen MR) is 92.1 cm³/mol. The summed E-state index contributed by atoms with van der Waals surface area (Å²) in [4.78, 5) is 0. The molecule has 0 aliphatic carbocycles. The Labute approximate surface area is 138 Å². The third-order valence-electron chi connectivity index (χ3n) is 4.00. The van der Waals surface area contributed by atoms with Crippen molar-refractivity contribution < 1.29 is 4.68 Å². The van der Waals surface area contributed by atoms with E-state index in [-0.39, 0.29) is 0 Å². The lowest BCUT2D eigenvalue weighted by Crippen LogP contribution is -2.36. The maximum atomic E-state index is 4.79. The first-order chi connectivity index (χ1) is 11.3. The van der Waals surface area contributed by atoms with Gasteiger partial charge >= 0.3 is 0 Å². The molecule has 0 atom stereocenters. The number of benzene rings is 2. The van der Waals surface area contributed by atoms with Crippen molar-refractivity contribution >= 4 is 0 Å².